The Morgan fingerprint density at radius 1 is 1.35 bits per heavy atom. The number of nitrogens with one attached hydrogen (secondary N) is 1. The van der Waals surface area contributed by atoms with Gasteiger partial charge < -0.3 is 10.2 Å². The second-order valence-electron chi connectivity index (χ2n) is 5.28. The number of hydrogen-bond acceptors (Lipinski definition) is 5. The zero-order chi connectivity index (χ0) is 14.4. The molecule has 0 aliphatic carbocycles. The average molecular weight is 273 g/mol. The highest BCUT2D eigenvalue weighted by atomic mass is 15.2. The fraction of sp³-hybridized carbons (Fsp3) is 0.600. The van der Waals surface area contributed by atoms with Gasteiger partial charge in [-0.05, 0) is 19.8 Å². The molecule has 20 heavy (non-hydrogen) atoms. The number of piperidine rings is 1. The van der Waals surface area contributed by atoms with Crippen LogP contribution < -0.4 is 10.2 Å². The SMILES string of the molecule is CC#CCN1CCC(Nc2cc(N(C)C)ncn2)CC1. The molecule has 108 valence electrons. The van der Waals surface area contributed by atoms with Crippen LogP contribution in [0.3, 0.4) is 0 Å². The van der Waals surface area contributed by atoms with Gasteiger partial charge in [0.2, 0.25) is 0 Å². The minimum Gasteiger partial charge on any atom is -0.367 e. The Labute approximate surface area is 121 Å². The van der Waals surface area contributed by atoms with E-state index in [1.54, 1.807) is 6.33 Å². The third kappa shape index (κ3) is 4.10. The molecule has 0 saturated carbocycles. The van der Waals surface area contributed by atoms with Crippen molar-refractivity contribution >= 4 is 11.6 Å². The maximum absolute atomic E-state index is 4.30. The molecule has 2 rings (SSSR count). The Balaban J connectivity index is 1.85. The van der Waals surface area contributed by atoms with E-state index < -0.39 is 0 Å². The number of hydrogen-bond donors (Lipinski definition) is 1. The molecule has 1 aliphatic rings. The van der Waals surface area contributed by atoms with E-state index in [-0.39, 0.29) is 0 Å². The summed E-state index contributed by atoms with van der Waals surface area (Å²) in [5.41, 5.74) is 0. The summed E-state index contributed by atoms with van der Waals surface area (Å²) in [4.78, 5) is 12.9. The van der Waals surface area contributed by atoms with Crippen molar-refractivity contribution in [3.8, 4) is 11.8 Å². The molecule has 0 unspecified atom stereocenters. The van der Waals surface area contributed by atoms with E-state index in [2.05, 4.69) is 32.0 Å². The van der Waals surface area contributed by atoms with Gasteiger partial charge in [0.05, 0.1) is 6.54 Å². The van der Waals surface area contributed by atoms with Crippen molar-refractivity contribution < 1.29 is 0 Å². The number of rotatable bonds is 4. The molecule has 5 heteroatoms. The van der Waals surface area contributed by atoms with Crippen LogP contribution in [-0.4, -0.2) is 54.6 Å². The first-order chi connectivity index (χ1) is 9.69. The van der Waals surface area contributed by atoms with Gasteiger partial charge in [-0.25, -0.2) is 9.97 Å². The largest absolute Gasteiger partial charge is 0.367 e. The summed E-state index contributed by atoms with van der Waals surface area (Å²) < 4.78 is 0. The molecule has 1 N–H and O–H groups in total. The van der Waals surface area contributed by atoms with Crippen LogP contribution in [0.2, 0.25) is 0 Å². The molecular weight excluding hydrogens is 250 g/mol. The van der Waals surface area contributed by atoms with Crippen LogP contribution in [0.25, 0.3) is 0 Å². The topological polar surface area (TPSA) is 44.3 Å². The molecule has 5 nitrogen and oxygen atoms in total. The van der Waals surface area contributed by atoms with E-state index >= 15 is 0 Å². The van der Waals surface area contributed by atoms with Crippen LogP contribution in [0.1, 0.15) is 19.8 Å². The summed E-state index contributed by atoms with van der Waals surface area (Å²) >= 11 is 0. The minimum atomic E-state index is 0.491. The second-order valence-corrected chi connectivity index (χ2v) is 5.28. The van der Waals surface area contributed by atoms with Crippen molar-refractivity contribution in [2.75, 3.05) is 43.9 Å². The molecule has 0 bridgehead atoms. The molecule has 1 aromatic heterocycles. The molecule has 1 aromatic rings. The van der Waals surface area contributed by atoms with Gasteiger partial charge in [-0.3, -0.25) is 4.90 Å². The summed E-state index contributed by atoms with van der Waals surface area (Å²) in [6.45, 7) is 4.98. The molecule has 0 radical (unpaired) electrons. The van der Waals surface area contributed by atoms with Crippen LogP contribution in [0.4, 0.5) is 11.6 Å². The molecule has 2 heterocycles. The van der Waals surface area contributed by atoms with Crippen LogP contribution >= 0.6 is 0 Å². The Kier molecular flexibility index (Phi) is 5.19. The van der Waals surface area contributed by atoms with Gasteiger partial charge >= 0.3 is 0 Å². The van der Waals surface area contributed by atoms with Crippen molar-refractivity contribution in [1.29, 1.82) is 0 Å². The summed E-state index contributed by atoms with van der Waals surface area (Å²) in [7, 11) is 3.97. The van der Waals surface area contributed by atoms with Gasteiger partial charge in [-0.2, -0.15) is 0 Å². The third-order valence-corrected chi connectivity index (χ3v) is 3.53. The van der Waals surface area contributed by atoms with Crippen molar-refractivity contribution in [3.63, 3.8) is 0 Å². The monoisotopic (exact) mass is 273 g/mol. The molecular formula is C15H23N5. The Morgan fingerprint density at radius 3 is 2.75 bits per heavy atom. The first-order valence-electron chi connectivity index (χ1n) is 7.07. The first kappa shape index (κ1) is 14.6. The highest BCUT2D eigenvalue weighted by molar-refractivity contribution is 5.47. The second kappa shape index (κ2) is 7.11. The highest BCUT2D eigenvalue weighted by Gasteiger charge is 2.18. The van der Waals surface area contributed by atoms with E-state index in [1.165, 1.54) is 0 Å². The van der Waals surface area contributed by atoms with E-state index in [9.17, 15) is 0 Å². The zero-order valence-electron chi connectivity index (χ0n) is 12.6. The molecule has 1 aliphatic heterocycles. The smallest absolute Gasteiger partial charge is 0.133 e. The Hall–Kier alpha value is -1.80. The predicted octanol–water partition coefficient (Wildman–Crippen LogP) is 1.44. The number of nitrogens with zero attached hydrogens (tertiary/aromatic N) is 4. The molecule has 1 fully saturated rings. The quantitative estimate of drug-likeness (QED) is 0.841. The Bertz CT molecular complexity index is 481. The predicted molar refractivity (Wildman–Crippen MR) is 82.9 cm³/mol. The summed E-state index contributed by atoms with van der Waals surface area (Å²) in [5.74, 6) is 7.93. The van der Waals surface area contributed by atoms with Crippen LogP contribution in [0.15, 0.2) is 12.4 Å². The normalized spacial score (nSPS) is 16.4. The van der Waals surface area contributed by atoms with Crippen LogP contribution in [0.5, 0.6) is 0 Å². The van der Waals surface area contributed by atoms with Gasteiger partial charge in [0.15, 0.2) is 0 Å². The lowest BCUT2D eigenvalue weighted by Gasteiger charge is -2.31. The van der Waals surface area contributed by atoms with Gasteiger partial charge in [-0.15, -0.1) is 5.92 Å². The maximum atomic E-state index is 4.30. The number of aromatic nitrogens is 2. The number of anilines is 2. The van der Waals surface area contributed by atoms with E-state index in [0.717, 1.165) is 44.1 Å². The van der Waals surface area contributed by atoms with Crippen molar-refractivity contribution in [2.45, 2.75) is 25.8 Å². The Morgan fingerprint density at radius 2 is 2.10 bits per heavy atom. The average Bonchev–Trinajstić information content (AvgIpc) is 2.47. The fourth-order valence-electron chi connectivity index (χ4n) is 2.31. The fourth-order valence-corrected chi connectivity index (χ4v) is 2.31. The third-order valence-electron chi connectivity index (χ3n) is 3.53. The van der Waals surface area contributed by atoms with Crippen molar-refractivity contribution in [1.82, 2.24) is 14.9 Å². The van der Waals surface area contributed by atoms with Crippen LogP contribution in [0, 0.1) is 11.8 Å². The van der Waals surface area contributed by atoms with Crippen LogP contribution in [-0.2, 0) is 0 Å². The first-order valence-corrected chi connectivity index (χ1v) is 7.07. The van der Waals surface area contributed by atoms with Gasteiger partial charge in [0.25, 0.3) is 0 Å². The summed E-state index contributed by atoms with van der Waals surface area (Å²) in [5, 5.41) is 3.51. The van der Waals surface area contributed by atoms with Gasteiger partial charge in [0, 0.05) is 39.3 Å². The van der Waals surface area contributed by atoms with E-state index in [0.29, 0.717) is 6.04 Å². The molecule has 1 saturated heterocycles. The van der Waals surface area contributed by atoms with Gasteiger partial charge in [0.1, 0.15) is 18.0 Å². The highest BCUT2D eigenvalue weighted by Crippen LogP contribution is 2.17. The lowest BCUT2D eigenvalue weighted by atomic mass is 10.1. The molecule has 0 atom stereocenters. The van der Waals surface area contributed by atoms with Crippen molar-refractivity contribution in [3.05, 3.63) is 12.4 Å². The zero-order valence-corrected chi connectivity index (χ0v) is 12.6. The molecule has 0 amide bonds. The summed E-state index contributed by atoms with van der Waals surface area (Å²) in [6.07, 6.45) is 3.88. The molecule has 0 spiro atoms. The van der Waals surface area contributed by atoms with Gasteiger partial charge in [-0.1, -0.05) is 5.92 Å². The lowest BCUT2D eigenvalue weighted by Crippen LogP contribution is -2.39. The maximum Gasteiger partial charge on any atom is 0.133 e. The van der Waals surface area contributed by atoms with E-state index in [4.69, 9.17) is 0 Å². The molecule has 0 aromatic carbocycles. The summed E-state index contributed by atoms with van der Waals surface area (Å²) in [6, 6.07) is 2.49. The minimum absolute atomic E-state index is 0.491. The van der Waals surface area contributed by atoms with Crippen molar-refractivity contribution in [2.24, 2.45) is 0 Å². The standard InChI is InChI=1S/C15H23N5/c1-4-5-8-20-9-6-13(7-10-20)18-14-11-15(19(2)3)17-12-16-14/h11-13H,6-10H2,1-3H3,(H,16,17,18). The lowest BCUT2D eigenvalue weighted by molar-refractivity contribution is 0.243. The van der Waals surface area contributed by atoms with E-state index in [1.807, 2.05) is 32.0 Å². The number of likely N-dealkylation sites (tertiary alicyclic amines) is 1.